The topological polar surface area (TPSA) is 75.3 Å². The number of hydrogen-bond donors (Lipinski definition) is 2. The second-order valence-electron chi connectivity index (χ2n) is 4.43. The van der Waals surface area contributed by atoms with Gasteiger partial charge in [0.2, 0.25) is 10.0 Å². The van der Waals surface area contributed by atoms with Crippen LogP contribution in [0.4, 0.5) is 18.9 Å². The van der Waals surface area contributed by atoms with Crippen LogP contribution >= 0.6 is 0 Å². The van der Waals surface area contributed by atoms with E-state index in [0.29, 0.717) is 12.1 Å². The summed E-state index contributed by atoms with van der Waals surface area (Å²) in [6.07, 6.45) is 0. The third-order valence-corrected chi connectivity index (χ3v) is 4.38. The lowest BCUT2D eigenvalue weighted by molar-refractivity contribution is 0.102. The Labute approximate surface area is 130 Å². The minimum Gasteiger partial charge on any atom is -0.319 e. The van der Waals surface area contributed by atoms with Gasteiger partial charge in [-0.1, -0.05) is 0 Å². The van der Waals surface area contributed by atoms with Crippen molar-refractivity contribution in [2.75, 3.05) is 12.4 Å². The standard InChI is InChI=1S/C14H11F3N2O3S/c1-18-23(21,22)9-4-2-8(3-5-9)14(20)19-13-7-11(16)10(15)6-12(13)17/h2-7,18H,1H3,(H,19,20). The van der Waals surface area contributed by atoms with Gasteiger partial charge < -0.3 is 5.32 Å². The number of benzene rings is 2. The summed E-state index contributed by atoms with van der Waals surface area (Å²) >= 11 is 0. The molecule has 5 nitrogen and oxygen atoms in total. The molecule has 0 aliphatic rings. The van der Waals surface area contributed by atoms with E-state index in [4.69, 9.17) is 0 Å². The molecule has 23 heavy (non-hydrogen) atoms. The van der Waals surface area contributed by atoms with Gasteiger partial charge in [-0.2, -0.15) is 0 Å². The predicted molar refractivity (Wildman–Crippen MR) is 77.0 cm³/mol. The first kappa shape index (κ1) is 17.0. The van der Waals surface area contributed by atoms with Crippen molar-refractivity contribution >= 4 is 21.6 Å². The minimum atomic E-state index is -3.65. The molecule has 0 saturated heterocycles. The summed E-state index contributed by atoms with van der Waals surface area (Å²) in [6.45, 7) is 0. The van der Waals surface area contributed by atoms with Crippen molar-refractivity contribution in [1.82, 2.24) is 4.72 Å². The van der Waals surface area contributed by atoms with E-state index in [9.17, 15) is 26.4 Å². The Bertz CT molecular complexity index is 852. The zero-order valence-electron chi connectivity index (χ0n) is 11.7. The maximum absolute atomic E-state index is 13.5. The van der Waals surface area contributed by atoms with Crippen LogP contribution < -0.4 is 10.0 Å². The summed E-state index contributed by atoms with van der Waals surface area (Å²) in [5.41, 5.74) is -0.509. The molecule has 0 aliphatic heterocycles. The van der Waals surface area contributed by atoms with Crippen LogP contribution in [0.5, 0.6) is 0 Å². The van der Waals surface area contributed by atoms with Crippen LogP contribution in [0.15, 0.2) is 41.3 Å². The van der Waals surface area contributed by atoms with Gasteiger partial charge >= 0.3 is 0 Å². The number of carbonyl (C=O) groups excluding carboxylic acids is 1. The average Bonchev–Trinajstić information content (AvgIpc) is 2.52. The van der Waals surface area contributed by atoms with Gasteiger partial charge in [-0.05, 0) is 31.3 Å². The van der Waals surface area contributed by atoms with E-state index in [0.717, 1.165) is 0 Å². The monoisotopic (exact) mass is 344 g/mol. The molecule has 9 heteroatoms. The quantitative estimate of drug-likeness (QED) is 0.836. The van der Waals surface area contributed by atoms with Crippen LogP contribution in [-0.4, -0.2) is 21.4 Å². The Kier molecular flexibility index (Phi) is 4.71. The number of anilines is 1. The van der Waals surface area contributed by atoms with Gasteiger partial charge in [-0.25, -0.2) is 26.3 Å². The molecule has 2 aromatic carbocycles. The van der Waals surface area contributed by atoms with Crippen molar-refractivity contribution < 1.29 is 26.4 Å². The zero-order chi connectivity index (χ0) is 17.2. The van der Waals surface area contributed by atoms with Gasteiger partial charge in [0.25, 0.3) is 5.91 Å². The molecule has 0 aromatic heterocycles. The molecule has 0 unspecified atom stereocenters. The lowest BCUT2D eigenvalue weighted by Gasteiger charge is -2.08. The van der Waals surface area contributed by atoms with Gasteiger partial charge in [-0.15, -0.1) is 0 Å². The molecule has 0 spiro atoms. The summed E-state index contributed by atoms with van der Waals surface area (Å²) in [4.78, 5) is 11.9. The first-order chi connectivity index (χ1) is 10.7. The number of amides is 1. The Hall–Kier alpha value is -2.39. The van der Waals surface area contributed by atoms with Crippen LogP contribution in [0.2, 0.25) is 0 Å². The van der Waals surface area contributed by atoms with E-state index in [2.05, 4.69) is 10.0 Å². The Morgan fingerprint density at radius 1 is 0.957 bits per heavy atom. The van der Waals surface area contributed by atoms with Gasteiger partial charge in [0.1, 0.15) is 5.82 Å². The van der Waals surface area contributed by atoms with Crippen LogP contribution in [0.1, 0.15) is 10.4 Å². The van der Waals surface area contributed by atoms with Crippen molar-refractivity contribution in [1.29, 1.82) is 0 Å². The van der Waals surface area contributed by atoms with Crippen LogP contribution in [0, 0.1) is 17.5 Å². The predicted octanol–water partition coefficient (Wildman–Crippen LogP) is 2.26. The Balaban J connectivity index is 2.24. The number of halogens is 3. The van der Waals surface area contributed by atoms with Gasteiger partial charge in [0.15, 0.2) is 11.6 Å². The lowest BCUT2D eigenvalue weighted by atomic mass is 10.2. The Morgan fingerprint density at radius 3 is 2.09 bits per heavy atom. The smallest absolute Gasteiger partial charge is 0.255 e. The first-order valence-electron chi connectivity index (χ1n) is 6.24. The molecule has 0 fully saturated rings. The summed E-state index contributed by atoms with van der Waals surface area (Å²) in [7, 11) is -2.41. The van der Waals surface area contributed by atoms with Crippen molar-refractivity contribution in [2.45, 2.75) is 4.90 Å². The fourth-order valence-electron chi connectivity index (χ4n) is 1.72. The number of carbonyl (C=O) groups is 1. The normalized spacial score (nSPS) is 11.3. The highest BCUT2D eigenvalue weighted by Gasteiger charge is 2.15. The number of nitrogens with one attached hydrogen (secondary N) is 2. The first-order valence-corrected chi connectivity index (χ1v) is 7.72. The third-order valence-electron chi connectivity index (χ3n) is 2.95. The summed E-state index contributed by atoms with van der Waals surface area (Å²) < 4.78 is 64.6. The molecule has 0 heterocycles. The van der Waals surface area contributed by atoms with Crippen molar-refractivity contribution in [2.24, 2.45) is 0 Å². The van der Waals surface area contributed by atoms with Crippen LogP contribution in [0.25, 0.3) is 0 Å². The van der Waals surface area contributed by atoms with Gasteiger partial charge in [0, 0.05) is 17.7 Å². The number of hydrogen-bond acceptors (Lipinski definition) is 3. The largest absolute Gasteiger partial charge is 0.319 e. The molecule has 0 bridgehead atoms. The van der Waals surface area contributed by atoms with Gasteiger partial charge in [-0.3, -0.25) is 4.79 Å². The van der Waals surface area contributed by atoms with E-state index in [-0.39, 0.29) is 10.5 Å². The molecular weight excluding hydrogens is 333 g/mol. The van der Waals surface area contributed by atoms with Crippen molar-refractivity contribution in [3.63, 3.8) is 0 Å². The average molecular weight is 344 g/mol. The van der Waals surface area contributed by atoms with Crippen molar-refractivity contribution in [3.8, 4) is 0 Å². The molecule has 2 rings (SSSR count). The van der Waals surface area contributed by atoms with E-state index in [1.54, 1.807) is 0 Å². The molecule has 2 aromatic rings. The number of sulfonamides is 1. The molecule has 2 N–H and O–H groups in total. The SMILES string of the molecule is CNS(=O)(=O)c1ccc(C(=O)Nc2cc(F)c(F)cc2F)cc1. The molecule has 0 radical (unpaired) electrons. The maximum Gasteiger partial charge on any atom is 0.255 e. The second kappa shape index (κ2) is 6.39. The van der Waals surface area contributed by atoms with Gasteiger partial charge in [0.05, 0.1) is 10.6 Å². The molecule has 122 valence electrons. The molecular formula is C14H11F3N2O3S. The summed E-state index contributed by atoms with van der Waals surface area (Å²) in [5.74, 6) is -4.62. The highest BCUT2D eigenvalue weighted by atomic mass is 32.2. The fraction of sp³-hybridized carbons (Fsp3) is 0.0714. The minimum absolute atomic E-state index is 0.0178. The van der Waals surface area contributed by atoms with E-state index in [1.807, 2.05) is 0 Å². The third kappa shape index (κ3) is 3.69. The highest BCUT2D eigenvalue weighted by molar-refractivity contribution is 7.89. The zero-order valence-corrected chi connectivity index (χ0v) is 12.5. The van der Waals surface area contributed by atoms with E-state index >= 15 is 0 Å². The second-order valence-corrected chi connectivity index (χ2v) is 6.32. The van der Waals surface area contributed by atoms with Crippen LogP contribution in [0.3, 0.4) is 0 Å². The lowest BCUT2D eigenvalue weighted by Crippen LogP contribution is -2.19. The molecule has 1 amide bonds. The van der Waals surface area contributed by atoms with E-state index in [1.165, 1.54) is 31.3 Å². The Morgan fingerprint density at radius 2 is 1.52 bits per heavy atom. The van der Waals surface area contributed by atoms with E-state index < -0.39 is 39.1 Å². The fourth-order valence-corrected chi connectivity index (χ4v) is 2.45. The molecule has 0 atom stereocenters. The summed E-state index contributed by atoms with van der Waals surface area (Å²) in [6, 6.07) is 5.61. The number of rotatable bonds is 4. The van der Waals surface area contributed by atoms with Crippen molar-refractivity contribution in [3.05, 3.63) is 59.4 Å². The maximum atomic E-state index is 13.5. The molecule has 0 aliphatic carbocycles. The molecule has 0 saturated carbocycles. The highest BCUT2D eigenvalue weighted by Crippen LogP contribution is 2.19. The summed E-state index contributed by atoms with van der Waals surface area (Å²) in [5, 5.41) is 2.08. The van der Waals surface area contributed by atoms with Crippen LogP contribution in [-0.2, 0) is 10.0 Å².